The normalized spacial score (nSPS) is 18.3. The lowest BCUT2D eigenvalue weighted by molar-refractivity contribution is 0.340. The largest absolute Gasteiger partial charge is 0.494 e. The number of aromatic nitrogens is 2. The van der Waals surface area contributed by atoms with Gasteiger partial charge in [0.1, 0.15) is 11.6 Å². The first-order valence-corrected chi connectivity index (χ1v) is 9.94. The fourth-order valence-electron chi connectivity index (χ4n) is 4.16. The Kier molecular flexibility index (Phi) is 4.43. The van der Waals surface area contributed by atoms with Crippen molar-refractivity contribution in [1.82, 2.24) is 9.55 Å². The van der Waals surface area contributed by atoms with Gasteiger partial charge < -0.3 is 14.6 Å². The predicted molar refractivity (Wildman–Crippen MR) is 113 cm³/mol. The summed E-state index contributed by atoms with van der Waals surface area (Å²) < 4.78 is 21.3. The van der Waals surface area contributed by atoms with E-state index in [4.69, 9.17) is 9.72 Å². The summed E-state index contributed by atoms with van der Waals surface area (Å²) in [6.07, 6.45) is 0.840. The number of halogens is 1. The van der Waals surface area contributed by atoms with E-state index in [-0.39, 0.29) is 17.9 Å². The lowest BCUT2D eigenvalue weighted by atomic mass is 9.93. The Hall–Kier alpha value is -3.34. The molecule has 1 aliphatic rings. The van der Waals surface area contributed by atoms with Crippen LogP contribution in [0.1, 0.15) is 36.6 Å². The minimum absolute atomic E-state index is 0.0523. The van der Waals surface area contributed by atoms with Gasteiger partial charge in [0.15, 0.2) is 0 Å². The highest BCUT2D eigenvalue weighted by Gasteiger charge is 2.31. The quantitative estimate of drug-likeness (QED) is 0.487. The molecule has 0 saturated heterocycles. The van der Waals surface area contributed by atoms with Crippen LogP contribution in [0.15, 0.2) is 72.8 Å². The molecule has 5 heteroatoms. The van der Waals surface area contributed by atoms with Gasteiger partial charge in [-0.15, -0.1) is 0 Å². The summed E-state index contributed by atoms with van der Waals surface area (Å²) in [4.78, 5) is 4.82. The topological polar surface area (TPSA) is 39.1 Å². The predicted octanol–water partition coefficient (Wildman–Crippen LogP) is 5.72. The van der Waals surface area contributed by atoms with Crippen LogP contribution in [-0.4, -0.2) is 16.2 Å². The summed E-state index contributed by atoms with van der Waals surface area (Å²) >= 11 is 0. The van der Waals surface area contributed by atoms with E-state index in [9.17, 15) is 4.39 Å². The molecular formula is C24H22FN3O. The Balaban J connectivity index is 1.60. The number of fused-ring (bicyclic) bond motifs is 3. The summed E-state index contributed by atoms with van der Waals surface area (Å²) in [5.74, 6) is 1.49. The third-order valence-electron chi connectivity index (χ3n) is 5.52. The molecule has 1 aliphatic heterocycles. The molecule has 0 unspecified atom stereocenters. The van der Waals surface area contributed by atoms with Crippen molar-refractivity contribution in [1.29, 1.82) is 0 Å². The van der Waals surface area contributed by atoms with Gasteiger partial charge in [0.25, 0.3) is 0 Å². The molecule has 0 fully saturated rings. The van der Waals surface area contributed by atoms with E-state index in [1.165, 1.54) is 17.7 Å². The molecule has 146 valence electrons. The second kappa shape index (κ2) is 7.24. The number of anilines is 1. The minimum atomic E-state index is -0.222. The van der Waals surface area contributed by atoms with E-state index in [0.717, 1.165) is 34.7 Å². The van der Waals surface area contributed by atoms with Crippen LogP contribution in [0.2, 0.25) is 0 Å². The summed E-state index contributed by atoms with van der Waals surface area (Å²) in [5.41, 5.74) is 4.32. The molecule has 0 bridgehead atoms. The second-order valence-electron chi connectivity index (χ2n) is 7.30. The molecule has 4 nitrogen and oxygen atoms in total. The molecular weight excluding hydrogens is 365 g/mol. The van der Waals surface area contributed by atoms with E-state index >= 15 is 0 Å². The van der Waals surface area contributed by atoms with E-state index in [0.29, 0.717) is 6.61 Å². The number of rotatable bonds is 4. The van der Waals surface area contributed by atoms with Crippen molar-refractivity contribution in [3.63, 3.8) is 0 Å². The number of nitrogens with zero attached hydrogens (tertiary/aromatic N) is 2. The van der Waals surface area contributed by atoms with Crippen LogP contribution in [0.4, 0.5) is 10.3 Å². The Labute approximate surface area is 169 Å². The third kappa shape index (κ3) is 3.23. The van der Waals surface area contributed by atoms with Crippen molar-refractivity contribution in [3.8, 4) is 5.75 Å². The van der Waals surface area contributed by atoms with Gasteiger partial charge >= 0.3 is 0 Å². The van der Waals surface area contributed by atoms with Gasteiger partial charge in [-0.2, -0.15) is 0 Å². The van der Waals surface area contributed by atoms with Crippen molar-refractivity contribution >= 4 is 17.0 Å². The molecule has 0 saturated carbocycles. The molecule has 2 heterocycles. The number of hydrogen-bond acceptors (Lipinski definition) is 3. The number of nitrogens with one attached hydrogen (secondary N) is 1. The maximum absolute atomic E-state index is 13.4. The van der Waals surface area contributed by atoms with Gasteiger partial charge in [-0.3, -0.25) is 0 Å². The summed E-state index contributed by atoms with van der Waals surface area (Å²) in [7, 11) is 0. The molecule has 5 rings (SSSR count). The lowest BCUT2D eigenvalue weighted by Gasteiger charge is -2.33. The summed E-state index contributed by atoms with van der Waals surface area (Å²) in [6.45, 7) is 2.63. The summed E-state index contributed by atoms with van der Waals surface area (Å²) in [6, 6.07) is 23.4. The van der Waals surface area contributed by atoms with Crippen LogP contribution in [0, 0.1) is 5.82 Å². The van der Waals surface area contributed by atoms with Gasteiger partial charge in [0.05, 0.1) is 29.7 Å². The first-order chi connectivity index (χ1) is 14.2. The van der Waals surface area contributed by atoms with Gasteiger partial charge in [0.2, 0.25) is 5.95 Å². The average molecular weight is 387 g/mol. The van der Waals surface area contributed by atoms with Crippen LogP contribution < -0.4 is 10.1 Å². The zero-order valence-corrected chi connectivity index (χ0v) is 16.2. The molecule has 0 radical (unpaired) electrons. The molecule has 2 atom stereocenters. The SMILES string of the molecule is CCOc1ccc([C@H]2C[C@H](c3ccc(F)cc3)Nc3nc4ccccc4n32)cc1. The number of hydrogen-bond donors (Lipinski definition) is 1. The number of imidazole rings is 1. The highest BCUT2D eigenvalue weighted by Crippen LogP contribution is 2.41. The maximum Gasteiger partial charge on any atom is 0.204 e. The van der Waals surface area contributed by atoms with Crippen molar-refractivity contribution in [2.75, 3.05) is 11.9 Å². The van der Waals surface area contributed by atoms with Gasteiger partial charge in [-0.05, 0) is 60.9 Å². The van der Waals surface area contributed by atoms with E-state index < -0.39 is 0 Å². The molecule has 29 heavy (non-hydrogen) atoms. The molecule has 3 aromatic carbocycles. The summed E-state index contributed by atoms with van der Waals surface area (Å²) in [5, 5.41) is 3.56. The maximum atomic E-state index is 13.4. The van der Waals surface area contributed by atoms with E-state index in [2.05, 4.69) is 28.1 Å². The number of benzene rings is 3. The van der Waals surface area contributed by atoms with Crippen molar-refractivity contribution < 1.29 is 9.13 Å². The Bertz CT molecular complexity index is 1140. The van der Waals surface area contributed by atoms with Crippen LogP contribution in [0.25, 0.3) is 11.0 Å². The van der Waals surface area contributed by atoms with Gasteiger partial charge in [-0.1, -0.05) is 36.4 Å². The smallest absolute Gasteiger partial charge is 0.204 e. The monoisotopic (exact) mass is 387 g/mol. The third-order valence-corrected chi connectivity index (χ3v) is 5.52. The van der Waals surface area contributed by atoms with Crippen LogP contribution in [-0.2, 0) is 0 Å². The van der Waals surface area contributed by atoms with Crippen LogP contribution in [0.3, 0.4) is 0 Å². The average Bonchev–Trinajstić information content (AvgIpc) is 3.13. The Morgan fingerprint density at radius 2 is 1.72 bits per heavy atom. The zero-order valence-electron chi connectivity index (χ0n) is 16.2. The van der Waals surface area contributed by atoms with Crippen molar-refractivity contribution in [2.45, 2.75) is 25.4 Å². The van der Waals surface area contributed by atoms with Crippen molar-refractivity contribution in [3.05, 3.63) is 89.7 Å². The molecule has 1 N–H and O–H groups in total. The van der Waals surface area contributed by atoms with E-state index in [1.807, 2.05) is 49.4 Å². The molecule has 0 amide bonds. The fraction of sp³-hybridized carbons (Fsp3) is 0.208. The van der Waals surface area contributed by atoms with Gasteiger partial charge in [0, 0.05) is 0 Å². The highest BCUT2D eigenvalue weighted by molar-refractivity contribution is 5.79. The van der Waals surface area contributed by atoms with Crippen LogP contribution in [0.5, 0.6) is 5.75 Å². The first-order valence-electron chi connectivity index (χ1n) is 9.94. The van der Waals surface area contributed by atoms with Gasteiger partial charge in [-0.25, -0.2) is 9.37 Å². The van der Waals surface area contributed by atoms with E-state index in [1.54, 1.807) is 0 Å². The molecule has 0 spiro atoms. The second-order valence-corrected chi connectivity index (χ2v) is 7.30. The van der Waals surface area contributed by atoms with Crippen molar-refractivity contribution in [2.24, 2.45) is 0 Å². The Morgan fingerprint density at radius 1 is 1.00 bits per heavy atom. The Morgan fingerprint density at radius 3 is 2.48 bits per heavy atom. The molecule has 0 aliphatic carbocycles. The number of ether oxygens (including phenoxy) is 1. The zero-order chi connectivity index (χ0) is 19.8. The first kappa shape index (κ1) is 17.7. The van der Waals surface area contributed by atoms with Crippen LogP contribution >= 0.6 is 0 Å². The standard InChI is InChI=1S/C24H22FN3O/c1-2-29-19-13-9-17(10-14-19)23-15-21(16-7-11-18(25)12-8-16)27-24-26-20-5-3-4-6-22(20)28(23)24/h3-14,21,23H,2,15H2,1H3,(H,26,27)/t21-,23-/m1/s1. The lowest BCUT2D eigenvalue weighted by Crippen LogP contribution is -2.27. The minimum Gasteiger partial charge on any atom is -0.494 e. The molecule has 1 aromatic heterocycles. The number of para-hydroxylation sites is 2. The fourth-order valence-corrected chi connectivity index (χ4v) is 4.16. The molecule has 4 aromatic rings. The highest BCUT2D eigenvalue weighted by atomic mass is 19.1.